The van der Waals surface area contributed by atoms with Gasteiger partial charge in [-0.2, -0.15) is 13.2 Å². The van der Waals surface area contributed by atoms with Crippen LogP contribution in [-0.2, 0) is 37.4 Å². The molecule has 1 aliphatic rings. The van der Waals surface area contributed by atoms with Crippen LogP contribution in [0.2, 0.25) is 0 Å². The highest BCUT2D eigenvalue weighted by Crippen LogP contribution is 2.35. The average molecular weight is 504 g/mol. The van der Waals surface area contributed by atoms with E-state index in [1.165, 1.54) is 0 Å². The van der Waals surface area contributed by atoms with Crippen molar-refractivity contribution in [3.63, 3.8) is 0 Å². The van der Waals surface area contributed by atoms with Gasteiger partial charge in [-0.15, -0.1) is 0 Å². The maximum atomic E-state index is 14.3. The molecule has 0 unspecified atom stereocenters. The van der Waals surface area contributed by atoms with Crippen molar-refractivity contribution in [1.29, 1.82) is 0 Å². The molecule has 0 radical (unpaired) electrons. The smallest absolute Gasteiger partial charge is 0.416 e. The fraction of sp³-hybridized carbons (Fsp3) is 0.296. The van der Waals surface area contributed by atoms with Gasteiger partial charge in [0.2, 0.25) is 0 Å². The van der Waals surface area contributed by atoms with E-state index in [4.69, 9.17) is 18.9 Å². The molecular formula is C27H24F4O5. The predicted octanol–water partition coefficient (Wildman–Crippen LogP) is 5.90. The zero-order chi connectivity index (χ0) is 25.8. The Morgan fingerprint density at radius 2 is 1.78 bits per heavy atom. The Bertz CT molecular complexity index is 1200. The number of halogens is 4. The van der Waals surface area contributed by atoms with Crippen molar-refractivity contribution in [2.24, 2.45) is 0 Å². The molecule has 9 heteroatoms. The summed E-state index contributed by atoms with van der Waals surface area (Å²) in [4.78, 5) is 11.6. The third-order valence-electron chi connectivity index (χ3n) is 5.76. The molecule has 0 saturated carbocycles. The Morgan fingerprint density at radius 1 is 1.03 bits per heavy atom. The number of carbonyl (C=O) groups excluding carboxylic acids is 1. The number of benzene rings is 3. The van der Waals surface area contributed by atoms with E-state index in [0.29, 0.717) is 30.1 Å². The van der Waals surface area contributed by atoms with E-state index in [1.54, 1.807) is 43.3 Å². The number of hydrogen-bond acceptors (Lipinski definition) is 5. The van der Waals surface area contributed by atoms with E-state index < -0.39 is 29.1 Å². The molecular weight excluding hydrogens is 480 g/mol. The summed E-state index contributed by atoms with van der Waals surface area (Å²) in [5, 5.41) is 0. The first-order chi connectivity index (χ1) is 17.2. The summed E-state index contributed by atoms with van der Waals surface area (Å²) in [6.07, 6.45) is -4.57. The third kappa shape index (κ3) is 5.85. The van der Waals surface area contributed by atoms with Crippen LogP contribution in [0, 0.1) is 5.82 Å². The van der Waals surface area contributed by atoms with E-state index in [0.717, 1.165) is 23.8 Å². The minimum absolute atomic E-state index is 0.126. The highest BCUT2D eigenvalue weighted by Gasteiger charge is 2.42. The lowest BCUT2D eigenvalue weighted by Crippen LogP contribution is -2.49. The summed E-state index contributed by atoms with van der Waals surface area (Å²) in [6, 6.07) is 16.0. The first-order valence-corrected chi connectivity index (χ1v) is 11.3. The lowest BCUT2D eigenvalue weighted by molar-refractivity contribution is -0.221. The van der Waals surface area contributed by atoms with Crippen molar-refractivity contribution < 1.29 is 41.3 Å². The fourth-order valence-corrected chi connectivity index (χ4v) is 3.79. The zero-order valence-electron chi connectivity index (χ0n) is 19.4. The molecule has 0 N–H and O–H groups in total. The second-order valence-electron chi connectivity index (χ2n) is 8.29. The summed E-state index contributed by atoms with van der Waals surface area (Å²) in [5.41, 5.74) is 0.0331. The van der Waals surface area contributed by atoms with E-state index in [-0.39, 0.29) is 25.4 Å². The van der Waals surface area contributed by atoms with Gasteiger partial charge in [0.05, 0.1) is 25.4 Å². The van der Waals surface area contributed by atoms with Crippen molar-refractivity contribution in [3.8, 4) is 16.9 Å². The summed E-state index contributed by atoms with van der Waals surface area (Å²) in [5.74, 6) is -0.637. The van der Waals surface area contributed by atoms with Gasteiger partial charge in [0.1, 0.15) is 30.4 Å². The number of rotatable bonds is 9. The predicted molar refractivity (Wildman–Crippen MR) is 123 cm³/mol. The molecule has 36 heavy (non-hydrogen) atoms. The van der Waals surface area contributed by atoms with Crippen LogP contribution < -0.4 is 4.74 Å². The average Bonchev–Trinajstić information content (AvgIpc) is 2.83. The van der Waals surface area contributed by atoms with Crippen LogP contribution in [-0.4, -0.2) is 32.4 Å². The molecule has 0 bridgehead atoms. The molecule has 1 aliphatic heterocycles. The minimum atomic E-state index is -4.57. The largest absolute Gasteiger partial charge is 0.489 e. The number of ether oxygens (including phenoxy) is 4. The highest BCUT2D eigenvalue weighted by molar-refractivity contribution is 5.70. The first-order valence-electron chi connectivity index (χ1n) is 11.3. The molecule has 3 aromatic carbocycles. The van der Waals surface area contributed by atoms with Gasteiger partial charge in [-0.25, -0.2) is 9.18 Å². The van der Waals surface area contributed by atoms with Crippen LogP contribution in [0.3, 0.4) is 0 Å². The molecule has 0 amide bonds. The zero-order valence-corrected chi connectivity index (χ0v) is 19.4. The molecule has 1 fully saturated rings. The van der Waals surface area contributed by atoms with Gasteiger partial charge in [0, 0.05) is 5.56 Å². The van der Waals surface area contributed by atoms with Crippen LogP contribution in [0.4, 0.5) is 17.6 Å². The van der Waals surface area contributed by atoms with Crippen LogP contribution in [0.15, 0.2) is 66.7 Å². The van der Waals surface area contributed by atoms with Gasteiger partial charge in [0.25, 0.3) is 0 Å². The second kappa shape index (κ2) is 10.7. The first kappa shape index (κ1) is 25.7. The van der Waals surface area contributed by atoms with Crippen molar-refractivity contribution >= 4 is 5.97 Å². The van der Waals surface area contributed by atoms with Gasteiger partial charge < -0.3 is 18.9 Å². The Hall–Kier alpha value is -3.43. The molecule has 0 aromatic heterocycles. The van der Waals surface area contributed by atoms with Crippen LogP contribution in [0.25, 0.3) is 11.1 Å². The van der Waals surface area contributed by atoms with E-state index in [9.17, 15) is 22.4 Å². The highest BCUT2D eigenvalue weighted by atomic mass is 19.4. The molecule has 3 aromatic rings. The number of esters is 1. The number of carbonyl (C=O) groups is 1. The van der Waals surface area contributed by atoms with Crippen molar-refractivity contribution in [2.75, 3.05) is 26.4 Å². The van der Waals surface area contributed by atoms with Gasteiger partial charge >= 0.3 is 12.1 Å². The van der Waals surface area contributed by atoms with E-state index >= 15 is 0 Å². The molecule has 1 saturated heterocycles. The topological polar surface area (TPSA) is 54.0 Å². The second-order valence-corrected chi connectivity index (χ2v) is 8.29. The van der Waals surface area contributed by atoms with Gasteiger partial charge in [0.15, 0.2) is 0 Å². The van der Waals surface area contributed by atoms with Crippen LogP contribution >= 0.6 is 0 Å². The maximum absolute atomic E-state index is 14.3. The van der Waals surface area contributed by atoms with Gasteiger partial charge in [-0.05, 0) is 60.0 Å². The third-order valence-corrected chi connectivity index (χ3v) is 5.76. The van der Waals surface area contributed by atoms with E-state index in [1.807, 2.05) is 12.1 Å². The Labute approximate surface area is 205 Å². The monoisotopic (exact) mass is 504 g/mol. The summed E-state index contributed by atoms with van der Waals surface area (Å²) in [7, 11) is 0. The molecule has 4 rings (SSSR count). The van der Waals surface area contributed by atoms with Gasteiger partial charge in [-0.1, -0.05) is 30.3 Å². The van der Waals surface area contributed by atoms with Crippen molar-refractivity contribution in [3.05, 3.63) is 89.2 Å². The molecule has 1 heterocycles. The summed E-state index contributed by atoms with van der Waals surface area (Å²) in [6.45, 7) is 2.56. The maximum Gasteiger partial charge on any atom is 0.416 e. The lowest BCUT2D eigenvalue weighted by atomic mass is 9.91. The van der Waals surface area contributed by atoms with Crippen LogP contribution in [0.5, 0.6) is 5.75 Å². The normalized spacial score (nSPS) is 14.7. The Morgan fingerprint density at radius 3 is 2.42 bits per heavy atom. The quantitative estimate of drug-likeness (QED) is 0.269. The molecule has 0 spiro atoms. The fourth-order valence-electron chi connectivity index (χ4n) is 3.79. The summed E-state index contributed by atoms with van der Waals surface area (Å²) < 4.78 is 75.3. The summed E-state index contributed by atoms with van der Waals surface area (Å²) >= 11 is 0. The standard InChI is InChI=1S/C27H24F4O5/c1-2-34-25(32)15-36-26(16-33-17-26)20-6-9-22(10-7-20)35-14-18-4-3-5-19(12-18)23-13-21(27(29,30)31)8-11-24(23)28/h3-13H,2,14-17H2,1H3. The molecule has 5 nitrogen and oxygen atoms in total. The van der Waals surface area contributed by atoms with Crippen molar-refractivity contribution in [1.82, 2.24) is 0 Å². The Kier molecular flexibility index (Phi) is 7.61. The number of alkyl halides is 3. The number of hydrogen-bond donors (Lipinski definition) is 0. The molecule has 0 atom stereocenters. The molecule has 0 aliphatic carbocycles. The Balaban J connectivity index is 1.42. The minimum Gasteiger partial charge on any atom is -0.489 e. The van der Waals surface area contributed by atoms with Crippen molar-refractivity contribution in [2.45, 2.75) is 25.3 Å². The molecule has 190 valence electrons. The lowest BCUT2D eigenvalue weighted by Gasteiger charge is -2.41. The van der Waals surface area contributed by atoms with Gasteiger partial charge in [-0.3, -0.25) is 0 Å². The van der Waals surface area contributed by atoms with Crippen LogP contribution in [0.1, 0.15) is 23.6 Å². The SMILES string of the molecule is CCOC(=O)COC1(c2ccc(OCc3cccc(-c4cc(C(F)(F)F)ccc4F)c3)cc2)COC1. The van der Waals surface area contributed by atoms with E-state index in [2.05, 4.69) is 0 Å².